The number of nitrogens with one attached hydrogen (secondary N) is 1. The van der Waals surface area contributed by atoms with E-state index < -0.39 is 0 Å². The molecule has 3 heteroatoms. The maximum atomic E-state index is 5.02. The van der Waals surface area contributed by atoms with Crippen molar-refractivity contribution in [3.05, 3.63) is 66.4 Å². The third kappa shape index (κ3) is 2.59. The van der Waals surface area contributed by atoms with Gasteiger partial charge in [-0.3, -0.25) is 0 Å². The molecule has 4 rings (SSSR count). The Kier molecular flexibility index (Phi) is 3.54. The summed E-state index contributed by atoms with van der Waals surface area (Å²) < 4.78 is 0. The molecule has 1 atom stereocenters. The van der Waals surface area contributed by atoms with E-state index >= 15 is 0 Å². The van der Waals surface area contributed by atoms with Crippen LogP contribution in [-0.4, -0.2) is 16.5 Å². The summed E-state index contributed by atoms with van der Waals surface area (Å²) in [7, 11) is 0. The van der Waals surface area contributed by atoms with Crippen molar-refractivity contribution in [1.82, 2.24) is 9.97 Å². The Bertz CT molecular complexity index is 813. The Hall–Kier alpha value is -2.68. The lowest BCUT2D eigenvalue weighted by atomic mass is 9.98. The highest BCUT2D eigenvalue weighted by molar-refractivity contribution is 5.79. The first-order valence-corrected chi connectivity index (χ1v) is 8.09. The maximum absolute atomic E-state index is 5.02. The minimum Gasteiger partial charge on any atom is -0.369 e. The standard InChI is InChI=1S/C20H19N3/c1-14-12-13-21-20-17(14)22-18(15-8-4-2-5-9-15)19(23-20)16-10-6-3-7-11-16/h2-11,14H,12-13H2,1H3,(H,21,23). The number of anilines is 1. The first kappa shape index (κ1) is 13.9. The molecule has 0 aliphatic carbocycles. The summed E-state index contributed by atoms with van der Waals surface area (Å²) in [4.78, 5) is 9.95. The predicted molar refractivity (Wildman–Crippen MR) is 94.4 cm³/mol. The Morgan fingerprint density at radius 3 is 2.00 bits per heavy atom. The monoisotopic (exact) mass is 301 g/mol. The largest absolute Gasteiger partial charge is 0.369 e. The summed E-state index contributed by atoms with van der Waals surface area (Å²) in [5.74, 6) is 1.37. The van der Waals surface area contributed by atoms with Crippen LogP contribution in [0.4, 0.5) is 5.82 Å². The molecule has 1 aliphatic rings. The summed E-state index contributed by atoms with van der Waals surface area (Å²) in [5, 5.41) is 3.41. The van der Waals surface area contributed by atoms with Gasteiger partial charge >= 0.3 is 0 Å². The Morgan fingerprint density at radius 1 is 0.826 bits per heavy atom. The third-order valence-electron chi connectivity index (χ3n) is 4.35. The molecule has 1 N–H and O–H groups in total. The summed E-state index contributed by atoms with van der Waals surface area (Å²) in [5.41, 5.74) is 5.19. The second-order valence-electron chi connectivity index (χ2n) is 6.00. The molecule has 23 heavy (non-hydrogen) atoms. The van der Waals surface area contributed by atoms with E-state index in [9.17, 15) is 0 Å². The lowest BCUT2D eigenvalue weighted by molar-refractivity contribution is 0.656. The van der Waals surface area contributed by atoms with Gasteiger partial charge in [-0.25, -0.2) is 9.97 Å². The molecule has 0 saturated carbocycles. The molecule has 0 fully saturated rings. The summed E-state index contributed by atoms with van der Waals surface area (Å²) in [6.45, 7) is 3.19. The third-order valence-corrected chi connectivity index (χ3v) is 4.35. The van der Waals surface area contributed by atoms with E-state index in [0.717, 1.165) is 47.0 Å². The van der Waals surface area contributed by atoms with Gasteiger partial charge in [-0.2, -0.15) is 0 Å². The molecule has 2 aromatic carbocycles. The number of hydrogen-bond acceptors (Lipinski definition) is 3. The zero-order valence-electron chi connectivity index (χ0n) is 13.2. The molecule has 3 nitrogen and oxygen atoms in total. The van der Waals surface area contributed by atoms with Gasteiger partial charge in [-0.15, -0.1) is 0 Å². The van der Waals surface area contributed by atoms with Gasteiger partial charge in [0.05, 0.1) is 17.1 Å². The first-order valence-electron chi connectivity index (χ1n) is 8.09. The van der Waals surface area contributed by atoms with E-state index in [1.165, 1.54) is 0 Å². The minimum absolute atomic E-state index is 0.436. The number of benzene rings is 2. The summed E-state index contributed by atoms with van der Waals surface area (Å²) in [6.07, 6.45) is 1.10. The topological polar surface area (TPSA) is 37.8 Å². The molecule has 0 saturated heterocycles. The van der Waals surface area contributed by atoms with E-state index in [4.69, 9.17) is 9.97 Å². The molecule has 3 aromatic rings. The van der Waals surface area contributed by atoms with E-state index in [0.29, 0.717) is 5.92 Å². The second-order valence-corrected chi connectivity index (χ2v) is 6.00. The van der Waals surface area contributed by atoms with Crippen LogP contribution in [0.2, 0.25) is 0 Å². The van der Waals surface area contributed by atoms with Crippen molar-refractivity contribution >= 4 is 5.82 Å². The van der Waals surface area contributed by atoms with Crippen molar-refractivity contribution in [1.29, 1.82) is 0 Å². The van der Waals surface area contributed by atoms with Crippen LogP contribution in [0.5, 0.6) is 0 Å². The molecular formula is C20H19N3. The Morgan fingerprint density at radius 2 is 1.39 bits per heavy atom. The molecule has 0 amide bonds. The van der Waals surface area contributed by atoms with Gasteiger partial charge in [0.15, 0.2) is 0 Å². The van der Waals surface area contributed by atoms with Crippen LogP contribution in [0.3, 0.4) is 0 Å². The molecule has 1 aliphatic heterocycles. The van der Waals surface area contributed by atoms with Gasteiger partial charge < -0.3 is 5.32 Å². The molecular weight excluding hydrogens is 282 g/mol. The van der Waals surface area contributed by atoms with Crippen molar-refractivity contribution in [2.75, 3.05) is 11.9 Å². The zero-order valence-corrected chi connectivity index (χ0v) is 13.2. The molecule has 0 bridgehead atoms. The number of rotatable bonds is 2. The molecule has 1 aromatic heterocycles. The van der Waals surface area contributed by atoms with Crippen LogP contribution in [-0.2, 0) is 0 Å². The smallest absolute Gasteiger partial charge is 0.148 e. The van der Waals surface area contributed by atoms with Crippen LogP contribution in [0, 0.1) is 0 Å². The van der Waals surface area contributed by atoms with Gasteiger partial charge in [-0.1, -0.05) is 67.6 Å². The number of fused-ring (bicyclic) bond motifs is 1. The Labute approximate surface area is 136 Å². The lowest BCUT2D eigenvalue weighted by Gasteiger charge is -2.24. The summed E-state index contributed by atoms with van der Waals surface area (Å²) >= 11 is 0. The maximum Gasteiger partial charge on any atom is 0.148 e. The molecule has 2 heterocycles. The van der Waals surface area contributed by atoms with Gasteiger partial charge in [-0.05, 0) is 6.42 Å². The Balaban J connectivity index is 1.96. The van der Waals surface area contributed by atoms with Gasteiger partial charge in [0.25, 0.3) is 0 Å². The van der Waals surface area contributed by atoms with Crippen LogP contribution in [0.1, 0.15) is 25.0 Å². The molecule has 0 radical (unpaired) electrons. The predicted octanol–water partition coefficient (Wildman–Crippen LogP) is 4.73. The van der Waals surface area contributed by atoms with Crippen molar-refractivity contribution in [2.45, 2.75) is 19.3 Å². The van der Waals surface area contributed by atoms with Gasteiger partial charge in [0, 0.05) is 23.6 Å². The molecule has 114 valence electrons. The van der Waals surface area contributed by atoms with Crippen LogP contribution >= 0.6 is 0 Å². The van der Waals surface area contributed by atoms with E-state index in [-0.39, 0.29) is 0 Å². The quantitative estimate of drug-likeness (QED) is 0.743. The minimum atomic E-state index is 0.436. The van der Waals surface area contributed by atoms with Crippen molar-refractivity contribution in [3.63, 3.8) is 0 Å². The average molecular weight is 301 g/mol. The van der Waals surface area contributed by atoms with Crippen LogP contribution in [0.25, 0.3) is 22.5 Å². The fourth-order valence-electron chi connectivity index (χ4n) is 3.06. The highest BCUT2D eigenvalue weighted by atomic mass is 15.0. The normalized spacial score (nSPS) is 16.5. The van der Waals surface area contributed by atoms with Gasteiger partial charge in [0.1, 0.15) is 5.82 Å². The SMILES string of the molecule is CC1CCNc2nc(-c3ccccc3)c(-c3ccccc3)nc21. The molecule has 1 unspecified atom stereocenters. The zero-order chi connectivity index (χ0) is 15.6. The van der Waals surface area contributed by atoms with Gasteiger partial charge in [0.2, 0.25) is 0 Å². The van der Waals surface area contributed by atoms with Crippen molar-refractivity contribution < 1.29 is 0 Å². The number of hydrogen-bond donors (Lipinski definition) is 1. The fourth-order valence-corrected chi connectivity index (χ4v) is 3.06. The summed E-state index contributed by atoms with van der Waals surface area (Å²) in [6, 6.07) is 20.6. The number of nitrogens with zero attached hydrogens (tertiary/aromatic N) is 2. The highest BCUT2D eigenvalue weighted by Gasteiger charge is 2.22. The lowest BCUT2D eigenvalue weighted by Crippen LogP contribution is -2.18. The highest BCUT2D eigenvalue weighted by Crippen LogP contribution is 2.35. The van der Waals surface area contributed by atoms with Crippen LogP contribution < -0.4 is 5.32 Å². The van der Waals surface area contributed by atoms with Crippen molar-refractivity contribution in [2.24, 2.45) is 0 Å². The average Bonchev–Trinajstić information content (AvgIpc) is 2.63. The fraction of sp³-hybridized carbons (Fsp3) is 0.200. The van der Waals surface area contributed by atoms with E-state index in [2.05, 4.69) is 36.5 Å². The second kappa shape index (κ2) is 5.84. The first-order chi connectivity index (χ1) is 11.3. The molecule has 0 spiro atoms. The van der Waals surface area contributed by atoms with Crippen LogP contribution in [0.15, 0.2) is 60.7 Å². The van der Waals surface area contributed by atoms with E-state index in [1.54, 1.807) is 0 Å². The van der Waals surface area contributed by atoms with Crippen molar-refractivity contribution in [3.8, 4) is 22.5 Å². The number of aromatic nitrogens is 2. The van der Waals surface area contributed by atoms with E-state index in [1.807, 2.05) is 36.4 Å².